The van der Waals surface area contributed by atoms with Gasteiger partial charge in [-0.25, -0.2) is 13.2 Å². The van der Waals surface area contributed by atoms with Gasteiger partial charge >= 0.3 is 6.03 Å². The number of nitrogens with zero attached hydrogens (tertiary/aromatic N) is 2. The number of aromatic nitrogens is 1. The molecule has 0 spiro atoms. The van der Waals surface area contributed by atoms with Crippen molar-refractivity contribution >= 4 is 15.9 Å². The van der Waals surface area contributed by atoms with Crippen molar-refractivity contribution in [1.82, 2.24) is 14.8 Å². The first-order valence-electron chi connectivity index (χ1n) is 8.94. The summed E-state index contributed by atoms with van der Waals surface area (Å²) in [4.78, 5) is 26.0. The normalized spacial score (nSPS) is 15.3. The van der Waals surface area contributed by atoms with Crippen molar-refractivity contribution < 1.29 is 17.9 Å². The largest absolute Gasteiger partial charge is 0.490 e. The van der Waals surface area contributed by atoms with Crippen LogP contribution in [0.1, 0.15) is 12.8 Å². The Morgan fingerprint density at radius 1 is 1.14 bits per heavy atom. The standard InChI is InChI=1S/C19H23N3O5S/c1-20-19(24)21-10-7-15(8-11-21)27-16-9-12-22(18(23)13-16)14-3-5-17(6-4-14)28(2,25)26/h3-6,9,12-13,15H,7-8,10-11H2,1-2H3,(H,20,24). The summed E-state index contributed by atoms with van der Waals surface area (Å²) in [6.07, 6.45) is 4.09. The number of piperidine rings is 1. The molecule has 0 atom stereocenters. The molecule has 9 heteroatoms. The number of urea groups is 1. The van der Waals surface area contributed by atoms with Crippen LogP contribution in [0.5, 0.6) is 5.75 Å². The fourth-order valence-corrected chi connectivity index (χ4v) is 3.76. The van der Waals surface area contributed by atoms with Crippen LogP contribution in [-0.2, 0) is 9.84 Å². The average molecular weight is 405 g/mol. The minimum Gasteiger partial charge on any atom is -0.490 e. The molecule has 1 N–H and O–H groups in total. The number of likely N-dealkylation sites (tertiary alicyclic amines) is 1. The maximum absolute atomic E-state index is 12.4. The number of amides is 2. The van der Waals surface area contributed by atoms with Crippen LogP contribution in [0.25, 0.3) is 5.69 Å². The molecule has 2 amide bonds. The van der Waals surface area contributed by atoms with E-state index in [1.807, 2.05) is 0 Å². The number of carbonyl (C=O) groups excluding carboxylic acids is 1. The molecule has 150 valence electrons. The molecule has 1 aliphatic rings. The molecule has 0 unspecified atom stereocenters. The molecule has 0 radical (unpaired) electrons. The molecule has 8 nitrogen and oxygen atoms in total. The Labute approximate surface area is 163 Å². The fraction of sp³-hybridized carbons (Fsp3) is 0.368. The number of hydrogen-bond acceptors (Lipinski definition) is 5. The van der Waals surface area contributed by atoms with Gasteiger partial charge in [-0.2, -0.15) is 0 Å². The zero-order valence-electron chi connectivity index (χ0n) is 15.8. The second kappa shape index (κ2) is 8.05. The van der Waals surface area contributed by atoms with E-state index in [1.165, 1.54) is 22.8 Å². The first-order chi connectivity index (χ1) is 13.3. The molecule has 0 saturated carbocycles. The SMILES string of the molecule is CNC(=O)N1CCC(Oc2ccn(-c3ccc(S(C)(=O)=O)cc3)c(=O)c2)CC1. The third-order valence-corrected chi connectivity index (χ3v) is 5.81. The Hall–Kier alpha value is -2.81. The van der Waals surface area contributed by atoms with Crippen molar-refractivity contribution in [3.63, 3.8) is 0 Å². The predicted molar refractivity (Wildman–Crippen MR) is 105 cm³/mol. The summed E-state index contributed by atoms with van der Waals surface area (Å²) < 4.78 is 30.4. The zero-order valence-corrected chi connectivity index (χ0v) is 16.6. The van der Waals surface area contributed by atoms with E-state index < -0.39 is 9.84 Å². The van der Waals surface area contributed by atoms with Gasteiger partial charge in [-0.15, -0.1) is 0 Å². The first-order valence-corrected chi connectivity index (χ1v) is 10.8. The van der Waals surface area contributed by atoms with Crippen LogP contribution in [0.15, 0.2) is 52.3 Å². The second-order valence-electron chi connectivity index (χ2n) is 6.70. The highest BCUT2D eigenvalue weighted by Gasteiger charge is 2.23. The van der Waals surface area contributed by atoms with Crippen molar-refractivity contribution in [1.29, 1.82) is 0 Å². The Balaban J connectivity index is 1.68. The molecule has 3 rings (SSSR count). The minimum absolute atomic E-state index is 0.0507. The van der Waals surface area contributed by atoms with Gasteiger partial charge in [0.1, 0.15) is 11.9 Å². The van der Waals surface area contributed by atoms with Crippen molar-refractivity contribution in [2.45, 2.75) is 23.8 Å². The first kappa shape index (κ1) is 19.9. The van der Waals surface area contributed by atoms with Gasteiger partial charge in [0.05, 0.1) is 4.90 Å². The molecule has 2 heterocycles. The number of sulfone groups is 1. The van der Waals surface area contributed by atoms with Crippen LogP contribution in [0.3, 0.4) is 0 Å². The third kappa shape index (κ3) is 4.53. The van der Waals surface area contributed by atoms with Gasteiger partial charge in [-0.1, -0.05) is 0 Å². The monoisotopic (exact) mass is 405 g/mol. The quantitative estimate of drug-likeness (QED) is 0.830. The fourth-order valence-electron chi connectivity index (χ4n) is 3.13. The summed E-state index contributed by atoms with van der Waals surface area (Å²) in [5, 5.41) is 2.61. The highest BCUT2D eigenvalue weighted by Crippen LogP contribution is 2.19. The lowest BCUT2D eigenvalue weighted by molar-refractivity contribution is 0.111. The number of benzene rings is 1. The number of ether oxygens (including phenoxy) is 1. The number of nitrogens with one attached hydrogen (secondary N) is 1. The van der Waals surface area contributed by atoms with Gasteiger partial charge in [0.25, 0.3) is 5.56 Å². The van der Waals surface area contributed by atoms with Gasteiger partial charge in [0.2, 0.25) is 0 Å². The molecule has 2 aromatic rings. The van der Waals surface area contributed by atoms with Crippen LogP contribution in [0.2, 0.25) is 0 Å². The Bertz CT molecular complexity index is 1010. The van der Waals surface area contributed by atoms with Crippen LogP contribution >= 0.6 is 0 Å². The van der Waals surface area contributed by atoms with Crippen molar-refractivity contribution in [3.8, 4) is 11.4 Å². The molecule has 1 fully saturated rings. The predicted octanol–water partition coefficient (Wildman–Crippen LogP) is 1.42. The molecule has 1 aromatic heterocycles. The summed E-state index contributed by atoms with van der Waals surface area (Å²) in [6, 6.07) is 9.15. The van der Waals surface area contributed by atoms with Gasteiger partial charge in [-0.05, 0) is 30.3 Å². The average Bonchev–Trinajstić information content (AvgIpc) is 2.67. The van der Waals surface area contributed by atoms with Crippen molar-refractivity contribution in [2.75, 3.05) is 26.4 Å². The molecular weight excluding hydrogens is 382 g/mol. The lowest BCUT2D eigenvalue weighted by atomic mass is 10.1. The van der Waals surface area contributed by atoms with Crippen LogP contribution in [0.4, 0.5) is 4.79 Å². The Kier molecular flexibility index (Phi) is 5.73. The lowest BCUT2D eigenvalue weighted by Crippen LogP contribution is -2.45. The minimum atomic E-state index is -3.28. The maximum atomic E-state index is 12.4. The Morgan fingerprint density at radius 2 is 1.79 bits per heavy atom. The maximum Gasteiger partial charge on any atom is 0.317 e. The molecule has 1 aromatic carbocycles. The zero-order chi connectivity index (χ0) is 20.3. The molecule has 28 heavy (non-hydrogen) atoms. The summed E-state index contributed by atoms with van der Waals surface area (Å²) in [7, 11) is -1.68. The highest BCUT2D eigenvalue weighted by atomic mass is 32.2. The number of hydrogen-bond donors (Lipinski definition) is 1. The molecule has 1 aliphatic heterocycles. The number of pyridine rings is 1. The van der Waals surface area contributed by atoms with E-state index in [9.17, 15) is 18.0 Å². The Morgan fingerprint density at radius 3 is 2.32 bits per heavy atom. The smallest absolute Gasteiger partial charge is 0.317 e. The highest BCUT2D eigenvalue weighted by molar-refractivity contribution is 7.90. The van der Waals surface area contributed by atoms with Crippen LogP contribution in [-0.4, -0.2) is 56.4 Å². The van der Waals surface area contributed by atoms with Crippen molar-refractivity contribution in [2.24, 2.45) is 0 Å². The lowest BCUT2D eigenvalue weighted by Gasteiger charge is -2.31. The van der Waals surface area contributed by atoms with Gasteiger partial charge in [0, 0.05) is 57.2 Å². The van der Waals surface area contributed by atoms with E-state index in [0.717, 1.165) is 6.26 Å². The van der Waals surface area contributed by atoms with E-state index in [2.05, 4.69) is 5.32 Å². The van der Waals surface area contributed by atoms with E-state index in [4.69, 9.17) is 4.74 Å². The van der Waals surface area contributed by atoms with Crippen LogP contribution in [0, 0.1) is 0 Å². The third-order valence-electron chi connectivity index (χ3n) is 4.68. The van der Waals surface area contributed by atoms with E-state index in [0.29, 0.717) is 37.4 Å². The molecule has 0 aliphatic carbocycles. The topological polar surface area (TPSA) is 97.7 Å². The molecule has 1 saturated heterocycles. The van der Waals surface area contributed by atoms with Crippen molar-refractivity contribution in [3.05, 3.63) is 52.9 Å². The number of rotatable bonds is 4. The molecule has 0 bridgehead atoms. The summed E-state index contributed by atoms with van der Waals surface area (Å²) in [5.74, 6) is 0.479. The molecular formula is C19H23N3O5S. The summed E-state index contributed by atoms with van der Waals surface area (Å²) in [6.45, 7) is 1.21. The number of carbonyl (C=O) groups is 1. The van der Waals surface area contributed by atoms with Crippen LogP contribution < -0.4 is 15.6 Å². The van der Waals surface area contributed by atoms with E-state index in [1.54, 1.807) is 36.3 Å². The second-order valence-corrected chi connectivity index (χ2v) is 8.71. The van der Waals surface area contributed by atoms with E-state index in [-0.39, 0.29) is 22.6 Å². The summed E-state index contributed by atoms with van der Waals surface area (Å²) >= 11 is 0. The summed E-state index contributed by atoms with van der Waals surface area (Å²) in [5.41, 5.74) is 0.301. The van der Waals surface area contributed by atoms with Gasteiger partial charge < -0.3 is 15.0 Å². The van der Waals surface area contributed by atoms with Gasteiger partial charge in [0.15, 0.2) is 9.84 Å². The van der Waals surface area contributed by atoms with Gasteiger partial charge in [-0.3, -0.25) is 9.36 Å². The van der Waals surface area contributed by atoms with E-state index >= 15 is 0 Å².